The highest BCUT2D eigenvalue weighted by molar-refractivity contribution is 5.90. The first-order chi connectivity index (χ1) is 6.77. The maximum atomic E-state index is 9.23. The van der Waals surface area contributed by atoms with Gasteiger partial charge >= 0.3 is 0 Å². The van der Waals surface area contributed by atoms with E-state index >= 15 is 0 Å². The van der Waals surface area contributed by atoms with Gasteiger partial charge in [-0.2, -0.15) is 0 Å². The molecule has 2 aromatic carbocycles. The van der Waals surface area contributed by atoms with Crippen molar-refractivity contribution in [2.24, 2.45) is 0 Å². The minimum Gasteiger partial charge on any atom is -0.513 e. The van der Waals surface area contributed by atoms with E-state index in [0.717, 1.165) is 5.56 Å². The number of aliphatic hydroxyl groups is 1. The smallest absolute Gasteiger partial charge is 0.0897 e. The van der Waals surface area contributed by atoms with Crippen molar-refractivity contribution in [2.45, 2.75) is 6.92 Å². The van der Waals surface area contributed by atoms with Crippen LogP contribution in [0, 0.1) is 0 Å². The Morgan fingerprint density at radius 2 is 1.79 bits per heavy atom. The second-order valence-corrected chi connectivity index (χ2v) is 3.35. The molecule has 0 saturated carbocycles. The molecule has 0 unspecified atom stereocenters. The summed E-state index contributed by atoms with van der Waals surface area (Å²) in [6.07, 6.45) is 1.78. The van der Waals surface area contributed by atoms with E-state index < -0.39 is 0 Å². The van der Waals surface area contributed by atoms with E-state index in [9.17, 15) is 5.11 Å². The minimum atomic E-state index is 0.335. The Morgan fingerprint density at radius 1 is 1.07 bits per heavy atom. The molecule has 0 bridgehead atoms. The molecule has 0 fully saturated rings. The second kappa shape index (κ2) is 3.54. The van der Waals surface area contributed by atoms with Gasteiger partial charge in [0.1, 0.15) is 0 Å². The van der Waals surface area contributed by atoms with Crippen molar-refractivity contribution in [3.05, 3.63) is 53.8 Å². The zero-order valence-electron chi connectivity index (χ0n) is 8.07. The number of hydrogen-bond donors (Lipinski definition) is 1. The van der Waals surface area contributed by atoms with E-state index in [1.54, 1.807) is 13.0 Å². The molecule has 0 heterocycles. The average molecular weight is 184 g/mol. The molecule has 14 heavy (non-hydrogen) atoms. The van der Waals surface area contributed by atoms with E-state index in [0.29, 0.717) is 5.76 Å². The lowest BCUT2D eigenvalue weighted by Gasteiger charge is -2.01. The van der Waals surface area contributed by atoms with Crippen LogP contribution >= 0.6 is 0 Å². The number of hydrogen-bond acceptors (Lipinski definition) is 1. The molecule has 0 saturated heterocycles. The molecule has 0 aromatic heterocycles. The average Bonchev–Trinajstić information content (AvgIpc) is 2.18. The van der Waals surface area contributed by atoms with Crippen molar-refractivity contribution in [1.29, 1.82) is 0 Å². The van der Waals surface area contributed by atoms with Crippen LogP contribution in [0.1, 0.15) is 12.5 Å². The number of fused-ring (bicyclic) bond motifs is 1. The SMILES string of the molecule is CC(O)=Cc1cccc2ccccc12. The van der Waals surface area contributed by atoms with Gasteiger partial charge in [0.25, 0.3) is 0 Å². The maximum Gasteiger partial charge on any atom is 0.0897 e. The standard InChI is InChI=1S/C13H12O/c1-10(14)9-12-7-4-6-11-5-2-3-8-13(11)12/h2-9,14H,1H3. The first kappa shape index (κ1) is 8.82. The van der Waals surface area contributed by atoms with E-state index in [1.165, 1.54) is 10.8 Å². The predicted octanol–water partition coefficient (Wildman–Crippen LogP) is 3.76. The lowest BCUT2D eigenvalue weighted by Crippen LogP contribution is -1.79. The van der Waals surface area contributed by atoms with Crippen molar-refractivity contribution in [1.82, 2.24) is 0 Å². The Labute approximate surface area is 83.3 Å². The molecule has 1 N–H and O–H groups in total. The molecule has 1 heteroatoms. The minimum absolute atomic E-state index is 0.335. The van der Waals surface area contributed by atoms with Crippen molar-refractivity contribution >= 4 is 16.8 Å². The molecule has 1 nitrogen and oxygen atoms in total. The van der Waals surface area contributed by atoms with E-state index in [4.69, 9.17) is 0 Å². The summed E-state index contributed by atoms with van der Waals surface area (Å²) >= 11 is 0. The third-order valence-electron chi connectivity index (χ3n) is 2.19. The number of benzene rings is 2. The molecule has 70 valence electrons. The van der Waals surface area contributed by atoms with Crippen molar-refractivity contribution in [2.75, 3.05) is 0 Å². The van der Waals surface area contributed by atoms with Crippen LogP contribution in [0.15, 0.2) is 48.2 Å². The Morgan fingerprint density at radius 3 is 2.57 bits per heavy atom. The quantitative estimate of drug-likeness (QED) is 0.669. The number of rotatable bonds is 1. The Hall–Kier alpha value is -1.76. The molecule has 2 aromatic rings. The van der Waals surface area contributed by atoms with Crippen LogP contribution in [-0.2, 0) is 0 Å². The molecule has 0 aliphatic heterocycles. The van der Waals surface area contributed by atoms with Crippen molar-refractivity contribution in [3.8, 4) is 0 Å². The molecule has 0 spiro atoms. The highest BCUT2D eigenvalue weighted by atomic mass is 16.3. The summed E-state index contributed by atoms with van der Waals surface area (Å²) in [4.78, 5) is 0. The van der Waals surface area contributed by atoms with Gasteiger partial charge in [-0.25, -0.2) is 0 Å². The van der Waals surface area contributed by atoms with Gasteiger partial charge in [-0.1, -0.05) is 42.5 Å². The topological polar surface area (TPSA) is 20.2 Å². The summed E-state index contributed by atoms with van der Waals surface area (Å²) in [7, 11) is 0. The Kier molecular flexibility index (Phi) is 2.23. The number of aliphatic hydroxyl groups excluding tert-OH is 1. The molecule has 0 aliphatic rings. The summed E-state index contributed by atoms with van der Waals surface area (Å²) in [5.74, 6) is 0.335. The van der Waals surface area contributed by atoms with Gasteiger partial charge in [-0.05, 0) is 29.3 Å². The fourth-order valence-electron chi connectivity index (χ4n) is 1.60. The predicted molar refractivity (Wildman–Crippen MR) is 60.2 cm³/mol. The first-order valence-corrected chi connectivity index (χ1v) is 4.62. The van der Waals surface area contributed by atoms with Gasteiger partial charge < -0.3 is 5.11 Å². The van der Waals surface area contributed by atoms with Crippen LogP contribution in [0.25, 0.3) is 16.8 Å². The summed E-state index contributed by atoms with van der Waals surface area (Å²) < 4.78 is 0. The Bertz CT molecular complexity index is 474. The normalized spacial score (nSPS) is 11.9. The van der Waals surface area contributed by atoms with Gasteiger partial charge in [0, 0.05) is 0 Å². The van der Waals surface area contributed by atoms with Crippen LogP contribution in [0.2, 0.25) is 0 Å². The van der Waals surface area contributed by atoms with Gasteiger partial charge in [0.2, 0.25) is 0 Å². The summed E-state index contributed by atoms with van der Waals surface area (Å²) in [6, 6.07) is 14.2. The fraction of sp³-hybridized carbons (Fsp3) is 0.0769. The van der Waals surface area contributed by atoms with Gasteiger partial charge in [-0.15, -0.1) is 0 Å². The van der Waals surface area contributed by atoms with Gasteiger partial charge in [0.05, 0.1) is 5.76 Å². The summed E-state index contributed by atoms with van der Waals surface area (Å²) in [6.45, 7) is 1.68. The maximum absolute atomic E-state index is 9.23. The second-order valence-electron chi connectivity index (χ2n) is 3.35. The third kappa shape index (κ3) is 1.62. The lowest BCUT2D eigenvalue weighted by atomic mass is 10.0. The van der Waals surface area contributed by atoms with Crippen LogP contribution in [0.5, 0.6) is 0 Å². The zero-order valence-corrected chi connectivity index (χ0v) is 8.07. The Balaban J connectivity index is 2.71. The van der Waals surface area contributed by atoms with Crippen LogP contribution in [0.3, 0.4) is 0 Å². The molecule has 0 radical (unpaired) electrons. The van der Waals surface area contributed by atoms with Crippen molar-refractivity contribution in [3.63, 3.8) is 0 Å². The van der Waals surface area contributed by atoms with Gasteiger partial charge in [-0.3, -0.25) is 0 Å². The number of allylic oxidation sites excluding steroid dienone is 1. The molecule has 2 rings (SSSR count). The van der Waals surface area contributed by atoms with E-state index in [-0.39, 0.29) is 0 Å². The monoisotopic (exact) mass is 184 g/mol. The molecular formula is C13H12O. The lowest BCUT2D eigenvalue weighted by molar-refractivity contribution is 0.420. The molecular weight excluding hydrogens is 172 g/mol. The van der Waals surface area contributed by atoms with E-state index in [2.05, 4.69) is 18.2 Å². The highest BCUT2D eigenvalue weighted by Crippen LogP contribution is 2.20. The summed E-state index contributed by atoms with van der Waals surface area (Å²) in [5.41, 5.74) is 1.06. The zero-order chi connectivity index (χ0) is 9.97. The van der Waals surface area contributed by atoms with Crippen LogP contribution < -0.4 is 0 Å². The van der Waals surface area contributed by atoms with Gasteiger partial charge in [0.15, 0.2) is 0 Å². The van der Waals surface area contributed by atoms with Crippen molar-refractivity contribution < 1.29 is 5.11 Å². The van der Waals surface area contributed by atoms with Crippen LogP contribution in [-0.4, -0.2) is 5.11 Å². The highest BCUT2D eigenvalue weighted by Gasteiger charge is 1.96. The van der Waals surface area contributed by atoms with Crippen LogP contribution in [0.4, 0.5) is 0 Å². The largest absolute Gasteiger partial charge is 0.513 e. The molecule has 0 amide bonds. The molecule has 0 aliphatic carbocycles. The molecule has 0 atom stereocenters. The summed E-state index contributed by atoms with van der Waals surface area (Å²) in [5, 5.41) is 11.6. The van der Waals surface area contributed by atoms with E-state index in [1.807, 2.05) is 24.3 Å². The fourth-order valence-corrected chi connectivity index (χ4v) is 1.60. The first-order valence-electron chi connectivity index (χ1n) is 4.62. The third-order valence-corrected chi connectivity index (χ3v) is 2.19.